The van der Waals surface area contributed by atoms with Gasteiger partial charge in [0.15, 0.2) is 0 Å². The minimum absolute atomic E-state index is 0.0132. The second-order valence-electron chi connectivity index (χ2n) is 5.49. The van der Waals surface area contributed by atoms with E-state index in [1.165, 1.54) is 29.7 Å². The Balaban J connectivity index is 2.10. The number of hydrogen-bond donors (Lipinski definition) is 2. The van der Waals surface area contributed by atoms with Crippen LogP contribution in [0.1, 0.15) is 5.56 Å². The van der Waals surface area contributed by atoms with Gasteiger partial charge in [-0.25, -0.2) is 4.68 Å². The number of benzene rings is 2. The van der Waals surface area contributed by atoms with E-state index in [-0.39, 0.29) is 11.5 Å². The smallest absolute Gasteiger partial charge is 0.205 e. The summed E-state index contributed by atoms with van der Waals surface area (Å²) in [5.74, 6) is 1.26. The first-order valence-electron chi connectivity index (χ1n) is 7.99. The zero-order chi connectivity index (χ0) is 19.4. The van der Waals surface area contributed by atoms with Crippen LogP contribution in [0.25, 0.3) is 11.3 Å². The van der Waals surface area contributed by atoms with Gasteiger partial charge >= 0.3 is 0 Å². The van der Waals surface area contributed by atoms with E-state index in [0.29, 0.717) is 21.9 Å². The van der Waals surface area contributed by atoms with Crippen LogP contribution in [0.4, 0.5) is 0 Å². The van der Waals surface area contributed by atoms with Crippen molar-refractivity contribution in [2.75, 3.05) is 21.3 Å². The maximum Gasteiger partial charge on any atom is 0.205 e. The van der Waals surface area contributed by atoms with Crippen molar-refractivity contribution >= 4 is 17.6 Å². The molecule has 0 aliphatic carbocycles. The number of thiazole rings is 1. The number of ether oxygens (including phenoxy) is 2. The van der Waals surface area contributed by atoms with E-state index in [4.69, 9.17) is 9.47 Å². The number of aromatic hydroxyl groups is 2. The molecule has 7 nitrogen and oxygen atoms in total. The molecular formula is C19H19N3O4S. The first kappa shape index (κ1) is 18.5. The van der Waals surface area contributed by atoms with Crippen molar-refractivity contribution in [1.82, 2.24) is 4.68 Å². The van der Waals surface area contributed by atoms with Crippen molar-refractivity contribution < 1.29 is 19.7 Å². The van der Waals surface area contributed by atoms with Gasteiger partial charge in [-0.15, -0.1) is 11.3 Å². The highest BCUT2D eigenvalue weighted by Gasteiger charge is 2.13. The number of hydrogen-bond acceptors (Lipinski definition) is 7. The van der Waals surface area contributed by atoms with Crippen LogP contribution in [0.5, 0.6) is 23.0 Å². The molecule has 0 saturated heterocycles. The zero-order valence-electron chi connectivity index (χ0n) is 15.1. The van der Waals surface area contributed by atoms with E-state index in [2.05, 4.69) is 10.1 Å². The molecule has 8 heteroatoms. The molecule has 0 aliphatic heterocycles. The molecule has 3 rings (SSSR count). The van der Waals surface area contributed by atoms with Crippen molar-refractivity contribution in [3.8, 4) is 34.3 Å². The first-order chi connectivity index (χ1) is 13.1. The molecular weight excluding hydrogens is 366 g/mol. The van der Waals surface area contributed by atoms with Gasteiger partial charge in [0.2, 0.25) is 4.80 Å². The molecule has 27 heavy (non-hydrogen) atoms. The second-order valence-corrected chi connectivity index (χ2v) is 6.33. The van der Waals surface area contributed by atoms with E-state index in [1.807, 2.05) is 17.5 Å². The number of methoxy groups -OCH3 is 2. The zero-order valence-corrected chi connectivity index (χ0v) is 15.9. The fourth-order valence-corrected chi connectivity index (χ4v) is 3.31. The lowest BCUT2D eigenvalue weighted by atomic mass is 10.1. The van der Waals surface area contributed by atoms with Crippen LogP contribution in [-0.4, -0.2) is 42.4 Å². The van der Waals surface area contributed by atoms with Crippen molar-refractivity contribution in [2.45, 2.75) is 0 Å². The molecule has 0 bridgehead atoms. The minimum atomic E-state index is -0.0619. The van der Waals surface area contributed by atoms with E-state index in [0.717, 1.165) is 11.3 Å². The average Bonchev–Trinajstić information content (AvgIpc) is 3.09. The number of phenolic OH excluding ortho intramolecular Hbond substituents is 2. The molecule has 0 atom stereocenters. The first-order valence-corrected chi connectivity index (χ1v) is 8.87. The molecule has 0 amide bonds. The molecule has 2 N–H and O–H groups in total. The predicted octanol–water partition coefficient (Wildman–Crippen LogP) is 3.06. The lowest BCUT2D eigenvalue weighted by molar-refractivity contribution is 0.395. The van der Waals surface area contributed by atoms with Gasteiger partial charge in [0.1, 0.15) is 23.0 Å². The van der Waals surface area contributed by atoms with Crippen LogP contribution < -0.4 is 14.3 Å². The Morgan fingerprint density at radius 2 is 1.89 bits per heavy atom. The monoisotopic (exact) mass is 385 g/mol. The highest BCUT2D eigenvalue weighted by atomic mass is 32.1. The molecule has 140 valence electrons. The summed E-state index contributed by atoms with van der Waals surface area (Å²) in [6, 6.07) is 9.87. The molecule has 2 aromatic carbocycles. The standard InChI is InChI=1S/C19H19N3O4S/c1-20-19-22(21-10-12-4-5-13(23)8-17(12)24)16(11-27-19)15-7-6-14(25-2)9-18(15)26-3/h4-11,23-24H,1-3H3. The van der Waals surface area contributed by atoms with Crippen LogP contribution >= 0.6 is 11.3 Å². The van der Waals surface area contributed by atoms with E-state index < -0.39 is 0 Å². The highest BCUT2D eigenvalue weighted by molar-refractivity contribution is 7.07. The van der Waals surface area contributed by atoms with Crippen molar-refractivity contribution in [2.24, 2.45) is 10.1 Å². The summed E-state index contributed by atoms with van der Waals surface area (Å²) >= 11 is 1.44. The number of nitrogens with zero attached hydrogens (tertiary/aromatic N) is 3. The molecule has 0 aliphatic rings. The number of rotatable bonds is 5. The van der Waals surface area contributed by atoms with Crippen molar-refractivity contribution in [3.63, 3.8) is 0 Å². The third-order valence-electron chi connectivity index (χ3n) is 3.89. The molecule has 0 radical (unpaired) electrons. The Kier molecular flexibility index (Phi) is 5.46. The fourth-order valence-electron chi connectivity index (χ4n) is 2.52. The molecule has 3 aromatic rings. The van der Waals surface area contributed by atoms with Gasteiger partial charge in [-0.2, -0.15) is 5.10 Å². The minimum Gasteiger partial charge on any atom is -0.508 e. The van der Waals surface area contributed by atoms with Gasteiger partial charge in [-0.1, -0.05) is 0 Å². The molecule has 0 spiro atoms. The lowest BCUT2D eigenvalue weighted by Crippen LogP contribution is -2.11. The second kappa shape index (κ2) is 7.96. The highest BCUT2D eigenvalue weighted by Crippen LogP contribution is 2.33. The number of aromatic nitrogens is 1. The normalized spacial score (nSPS) is 11.9. The Morgan fingerprint density at radius 3 is 2.56 bits per heavy atom. The summed E-state index contributed by atoms with van der Waals surface area (Å²) in [5.41, 5.74) is 2.09. The van der Waals surface area contributed by atoms with Gasteiger partial charge < -0.3 is 19.7 Å². The van der Waals surface area contributed by atoms with E-state index >= 15 is 0 Å². The van der Waals surface area contributed by atoms with Crippen molar-refractivity contribution in [1.29, 1.82) is 0 Å². The largest absolute Gasteiger partial charge is 0.508 e. The molecule has 1 heterocycles. The third-order valence-corrected chi connectivity index (χ3v) is 4.80. The molecule has 1 aromatic heterocycles. The van der Waals surface area contributed by atoms with Crippen LogP contribution in [0.15, 0.2) is 51.9 Å². The molecule has 0 unspecified atom stereocenters. The van der Waals surface area contributed by atoms with Gasteiger partial charge in [0.05, 0.1) is 26.1 Å². The van der Waals surface area contributed by atoms with Crippen molar-refractivity contribution in [3.05, 3.63) is 52.1 Å². The molecule has 0 fully saturated rings. The summed E-state index contributed by atoms with van der Waals surface area (Å²) in [6.45, 7) is 0. The Morgan fingerprint density at radius 1 is 1.07 bits per heavy atom. The lowest BCUT2D eigenvalue weighted by Gasteiger charge is -2.11. The summed E-state index contributed by atoms with van der Waals surface area (Å²) in [5, 5.41) is 25.8. The fraction of sp³-hybridized carbons (Fsp3) is 0.158. The van der Waals surface area contributed by atoms with Gasteiger partial charge in [-0.3, -0.25) is 4.99 Å². The summed E-state index contributed by atoms with van der Waals surface area (Å²) in [4.78, 5) is 4.93. The number of phenols is 2. The van der Waals surface area contributed by atoms with Crippen LogP contribution in [0, 0.1) is 0 Å². The van der Waals surface area contributed by atoms with E-state index in [9.17, 15) is 10.2 Å². The quantitative estimate of drug-likeness (QED) is 0.661. The molecule has 0 saturated carbocycles. The summed E-state index contributed by atoms with van der Waals surface area (Å²) < 4.78 is 12.4. The van der Waals surface area contributed by atoms with E-state index in [1.54, 1.807) is 38.1 Å². The van der Waals surface area contributed by atoms with Crippen LogP contribution in [0.2, 0.25) is 0 Å². The van der Waals surface area contributed by atoms with Gasteiger partial charge in [-0.05, 0) is 24.3 Å². The topological polar surface area (TPSA) is 88.6 Å². The van der Waals surface area contributed by atoms with Crippen LogP contribution in [-0.2, 0) is 0 Å². The van der Waals surface area contributed by atoms with Gasteiger partial charge in [0.25, 0.3) is 0 Å². The maximum absolute atomic E-state index is 9.96. The summed E-state index contributed by atoms with van der Waals surface area (Å²) in [6.07, 6.45) is 1.51. The summed E-state index contributed by atoms with van der Waals surface area (Å²) in [7, 11) is 4.88. The SMILES string of the molecule is CN=c1scc(-c2ccc(OC)cc2OC)n1N=Cc1ccc(O)cc1O. The Labute approximate surface area is 160 Å². The predicted molar refractivity (Wildman–Crippen MR) is 105 cm³/mol. The third kappa shape index (κ3) is 3.80. The van der Waals surface area contributed by atoms with Gasteiger partial charge in [0, 0.05) is 35.7 Å². The average molecular weight is 385 g/mol. The Bertz CT molecular complexity index is 1050. The maximum atomic E-state index is 9.96. The Hall–Kier alpha value is -3.26. The van der Waals surface area contributed by atoms with Crippen LogP contribution in [0.3, 0.4) is 0 Å².